The van der Waals surface area contributed by atoms with Crippen LogP contribution in [-0.2, 0) is 0 Å². The van der Waals surface area contributed by atoms with Crippen LogP contribution in [0.4, 0.5) is 23.2 Å². The van der Waals surface area contributed by atoms with Gasteiger partial charge >= 0.3 is 10.2 Å². The van der Waals surface area contributed by atoms with Gasteiger partial charge in [-0.25, -0.2) is 4.31 Å². The summed E-state index contributed by atoms with van der Waals surface area (Å²) in [5.74, 6) is 0. The minimum Gasteiger partial charge on any atom is -0.220 e. The number of benzene rings is 1. The van der Waals surface area contributed by atoms with Gasteiger partial charge in [-0.2, -0.15) is 4.39 Å². The van der Waals surface area contributed by atoms with E-state index < -0.39 is 10.2 Å². The molecule has 90 valence electrons. The normalized spacial score (nSPS) is 12.6. The van der Waals surface area contributed by atoms with Gasteiger partial charge in [-0.15, -0.1) is 13.2 Å². The molecule has 1 aromatic rings. The average Bonchev–Trinajstić information content (AvgIpc) is 2.13. The van der Waals surface area contributed by atoms with E-state index >= 15 is 0 Å². The molecule has 0 amide bonds. The number of halogens is 6. The van der Waals surface area contributed by atoms with Gasteiger partial charge in [0.15, 0.2) is 0 Å². The molecule has 1 aromatic carbocycles. The van der Waals surface area contributed by atoms with Gasteiger partial charge in [0.2, 0.25) is 0 Å². The van der Waals surface area contributed by atoms with Crippen LogP contribution >= 0.6 is 35.1 Å². The summed E-state index contributed by atoms with van der Waals surface area (Å²) in [6.07, 6.45) is -4.78. The molecule has 16 heavy (non-hydrogen) atoms. The van der Waals surface area contributed by atoms with Crippen molar-refractivity contribution in [2.45, 2.75) is 10.2 Å². The molecular weight excluding hydrogens is 289 g/mol. The predicted molar refractivity (Wildman–Crippen MR) is 58.1 cm³/mol. The third-order valence-electron chi connectivity index (χ3n) is 1.42. The Labute approximate surface area is 103 Å². The van der Waals surface area contributed by atoms with Crippen LogP contribution in [-0.4, -0.2) is 10.2 Å². The number of hydrogen-bond acceptors (Lipinski definition) is 2. The zero-order chi connectivity index (χ0) is 12.4. The standard InChI is InChI=1S/C8H5Cl2F4NS/c9-7(10,11)16-15(8(12,13)14)6-4-2-1-3-5-6/h1-5H. The number of rotatable bonds is 3. The maximum absolute atomic E-state index is 12.8. The van der Waals surface area contributed by atoms with Crippen LogP contribution in [0, 0.1) is 0 Å². The van der Waals surface area contributed by atoms with Crippen LogP contribution < -0.4 is 4.31 Å². The lowest BCUT2D eigenvalue weighted by Crippen LogP contribution is -2.34. The van der Waals surface area contributed by atoms with Gasteiger partial charge in [0.25, 0.3) is 0 Å². The highest BCUT2D eigenvalue weighted by atomic mass is 35.5. The molecule has 1 nitrogen and oxygen atoms in total. The number of anilines is 1. The summed E-state index contributed by atoms with van der Waals surface area (Å²) in [6, 6.07) is 6.64. The van der Waals surface area contributed by atoms with Crippen molar-refractivity contribution in [2.75, 3.05) is 4.31 Å². The fraction of sp³-hybridized carbons (Fsp3) is 0.250. The summed E-state index contributed by atoms with van der Waals surface area (Å²) in [6.45, 7) is 0. The molecule has 0 aliphatic rings. The molecule has 0 saturated carbocycles. The lowest BCUT2D eigenvalue weighted by Gasteiger charge is -2.27. The van der Waals surface area contributed by atoms with Crippen molar-refractivity contribution in [3.05, 3.63) is 30.3 Å². The summed E-state index contributed by atoms with van der Waals surface area (Å²) in [7, 11) is 0. The van der Waals surface area contributed by atoms with E-state index in [0.29, 0.717) is 0 Å². The molecular formula is C8H5Cl2F4NS. The number of nitrogens with zero attached hydrogens (tertiary/aromatic N) is 1. The Morgan fingerprint density at radius 1 is 1.00 bits per heavy atom. The van der Waals surface area contributed by atoms with Crippen molar-refractivity contribution in [3.63, 3.8) is 0 Å². The highest BCUT2D eigenvalue weighted by molar-refractivity contribution is 8.04. The maximum Gasteiger partial charge on any atom is 0.495 e. The van der Waals surface area contributed by atoms with Crippen molar-refractivity contribution >= 4 is 40.8 Å². The van der Waals surface area contributed by atoms with Crippen molar-refractivity contribution in [2.24, 2.45) is 0 Å². The van der Waals surface area contributed by atoms with E-state index in [4.69, 9.17) is 23.2 Å². The second kappa shape index (κ2) is 4.89. The van der Waals surface area contributed by atoms with E-state index in [1.807, 2.05) is 0 Å². The zero-order valence-electron chi connectivity index (χ0n) is 7.51. The number of alkyl halides is 6. The van der Waals surface area contributed by atoms with Gasteiger partial charge in [0.05, 0.1) is 5.69 Å². The van der Waals surface area contributed by atoms with Gasteiger partial charge in [-0.05, 0) is 12.1 Å². The molecule has 0 spiro atoms. The topological polar surface area (TPSA) is 3.24 Å². The Morgan fingerprint density at radius 3 is 1.88 bits per heavy atom. The molecule has 0 atom stereocenters. The molecule has 0 aliphatic carbocycles. The molecule has 0 radical (unpaired) electrons. The minimum atomic E-state index is -4.78. The minimum absolute atomic E-state index is 0.243. The van der Waals surface area contributed by atoms with Crippen LogP contribution in [0.15, 0.2) is 30.3 Å². The van der Waals surface area contributed by atoms with Crippen molar-refractivity contribution in [1.29, 1.82) is 0 Å². The third kappa shape index (κ3) is 4.27. The summed E-state index contributed by atoms with van der Waals surface area (Å²) in [5, 5.41) is 0. The van der Waals surface area contributed by atoms with Crippen molar-refractivity contribution < 1.29 is 17.6 Å². The fourth-order valence-electron chi connectivity index (χ4n) is 0.918. The Hall–Kier alpha value is -0.330. The van der Waals surface area contributed by atoms with Gasteiger partial charge < -0.3 is 0 Å². The molecule has 0 aliphatic heterocycles. The predicted octanol–water partition coefficient (Wildman–Crippen LogP) is 4.72. The Kier molecular flexibility index (Phi) is 4.20. The van der Waals surface area contributed by atoms with E-state index in [1.165, 1.54) is 30.3 Å². The highest BCUT2D eigenvalue weighted by Crippen LogP contribution is 2.45. The molecule has 1 rings (SSSR count). The van der Waals surface area contributed by atoms with Crippen molar-refractivity contribution in [1.82, 2.24) is 0 Å². The Morgan fingerprint density at radius 2 is 1.50 bits per heavy atom. The van der Waals surface area contributed by atoms with Crippen LogP contribution in [0.2, 0.25) is 0 Å². The highest BCUT2D eigenvalue weighted by Gasteiger charge is 2.43. The molecule has 0 unspecified atom stereocenters. The van der Waals surface area contributed by atoms with Crippen LogP contribution in [0.25, 0.3) is 0 Å². The first-order valence-corrected chi connectivity index (χ1v) is 5.41. The first-order valence-electron chi connectivity index (χ1n) is 3.88. The fourth-order valence-corrected chi connectivity index (χ4v) is 1.87. The first-order chi connectivity index (χ1) is 7.20. The molecule has 0 bridgehead atoms. The number of para-hydroxylation sites is 1. The molecule has 0 aromatic heterocycles. The van der Waals surface area contributed by atoms with Gasteiger partial charge in [0, 0.05) is 11.9 Å². The van der Waals surface area contributed by atoms with Crippen LogP contribution in [0.5, 0.6) is 0 Å². The van der Waals surface area contributed by atoms with E-state index in [-0.39, 0.29) is 21.9 Å². The summed E-state index contributed by atoms with van der Waals surface area (Å²) < 4.78 is 47.2. The smallest absolute Gasteiger partial charge is 0.220 e. The molecule has 0 saturated heterocycles. The molecule has 8 heteroatoms. The SMILES string of the molecule is FC(Cl)(Cl)SN(c1ccccc1)C(F)(F)F. The quantitative estimate of drug-likeness (QED) is 0.343. The van der Waals surface area contributed by atoms with Crippen LogP contribution in [0.3, 0.4) is 0 Å². The largest absolute Gasteiger partial charge is 0.495 e. The summed E-state index contributed by atoms with van der Waals surface area (Å²) in [4.78, 5) is 0. The van der Waals surface area contributed by atoms with Gasteiger partial charge in [0.1, 0.15) is 0 Å². The second-order valence-corrected chi connectivity index (χ2v) is 5.43. The second-order valence-electron chi connectivity index (χ2n) is 2.63. The first kappa shape index (κ1) is 13.7. The lowest BCUT2D eigenvalue weighted by atomic mass is 10.3. The Bertz CT molecular complexity index is 338. The van der Waals surface area contributed by atoms with E-state index in [0.717, 1.165) is 0 Å². The van der Waals surface area contributed by atoms with E-state index in [9.17, 15) is 17.6 Å². The van der Waals surface area contributed by atoms with E-state index in [2.05, 4.69) is 0 Å². The van der Waals surface area contributed by atoms with Crippen molar-refractivity contribution in [3.8, 4) is 0 Å². The Balaban J connectivity index is 2.98. The van der Waals surface area contributed by atoms with Gasteiger partial charge in [-0.3, -0.25) is 0 Å². The van der Waals surface area contributed by atoms with Gasteiger partial charge in [-0.1, -0.05) is 41.4 Å². The third-order valence-corrected chi connectivity index (χ3v) is 2.64. The molecule has 0 heterocycles. The average molecular weight is 294 g/mol. The lowest BCUT2D eigenvalue weighted by molar-refractivity contribution is -0.114. The van der Waals surface area contributed by atoms with E-state index in [1.54, 1.807) is 0 Å². The summed E-state index contributed by atoms with van der Waals surface area (Å²) >= 11 is 9.44. The maximum atomic E-state index is 12.8. The summed E-state index contributed by atoms with van der Waals surface area (Å²) in [5.41, 5.74) is -0.261. The molecule has 0 fully saturated rings. The monoisotopic (exact) mass is 293 g/mol. The molecule has 0 N–H and O–H groups in total. The zero-order valence-corrected chi connectivity index (χ0v) is 9.84. The number of hydrogen-bond donors (Lipinski definition) is 0. The van der Waals surface area contributed by atoms with Crippen LogP contribution in [0.1, 0.15) is 0 Å².